The summed E-state index contributed by atoms with van der Waals surface area (Å²) in [6, 6.07) is 10.2. The summed E-state index contributed by atoms with van der Waals surface area (Å²) in [7, 11) is 0. The molecule has 162 valence electrons. The van der Waals surface area contributed by atoms with Crippen LogP contribution < -0.4 is 16.4 Å². The largest absolute Gasteiger partial charge is 0.451 e. The molecule has 1 atom stereocenters. The molecule has 0 spiro atoms. The number of nitrogens with zero attached hydrogens (tertiary/aromatic N) is 1. The molecule has 0 aliphatic carbocycles. The van der Waals surface area contributed by atoms with E-state index in [4.69, 9.17) is 10.2 Å². The second kappa shape index (κ2) is 9.34. The number of nitrogens with two attached hydrogens (primary N) is 1. The highest BCUT2D eigenvalue weighted by molar-refractivity contribution is 5.91. The molecule has 1 fully saturated rings. The number of benzene rings is 1. The van der Waals surface area contributed by atoms with Crippen molar-refractivity contribution in [2.45, 2.75) is 45.6 Å². The lowest BCUT2D eigenvalue weighted by Crippen LogP contribution is -2.55. The second-order valence-electron chi connectivity index (χ2n) is 8.59. The van der Waals surface area contributed by atoms with Crippen molar-refractivity contribution in [1.29, 1.82) is 0 Å². The number of piperidine rings is 1. The Morgan fingerprint density at radius 1 is 1.20 bits per heavy atom. The Bertz CT molecular complexity index is 873. The Kier molecular flexibility index (Phi) is 6.82. The molecule has 4 N–H and O–H groups in total. The van der Waals surface area contributed by atoms with Crippen LogP contribution in [0.4, 0.5) is 10.5 Å². The molecule has 0 saturated carbocycles. The fourth-order valence-electron chi connectivity index (χ4n) is 3.88. The lowest BCUT2D eigenvalue weighted by Gasteiger charge is -2.43. The number of hydrogen-bond acceptors (Lipinski definition) is 4. The second-order valence-corrected chi connectivity index (χ2v) is 8.59. The van der Waals surface area contributed by atoms with Crippen LogP contribution >= 0.6 is 0 Å². The van der Waals surface area contributed by atoms with Crippen LogP contribution in [0, 0.1) is 5.92 Å². The van der Waals surface area contributed by atoms with Crippen molar-refractivity contribution in [3.8, 4) is 11.3 Å². The molecule has 7 nitrogen and oxygen atoms in total. The molecule has 2 aromatic rings. The third-order valence-corrected chi connectivity index (χ3v) is 5.91. The predicted octanol–water partition coefficient (Wildman–Crippen LogP) is 4.07. The molecule has 1 saturated heterocycles. The maximum absolute atomic E-state index is 12.4. The standard InChI is InChI=1S/C23H32N4O3/c1-4-16-6-5-13-27(14-16)23(2,3)15-25-22(29)26-18-9-7-17(8-10-18)19-11-12-20(30-19)21(24)28/h7-12,16H,4-6,13-15H2,1-3H3,(H2,24,28)(H2,25,26,29). The Balaban J connectivity index is 1.52. The van der Waals surface area contributed by atoms with E-state index in [0.717, 1.165) is 24.6 Å². The summed E-state index contributed by atoms with van der Waals surface area (Å²) in [5.41, 5.74) is 6.60. The highest BCUT2D eigenvalue weighted by Crippen LogP contribution is 2.26. The highest BCUT2D eigenvalue weighted by Gasteiger charge is 2.31. The van der Waals surface area contributed by atoms with Gasteiger partial charge in [0.25, 0.3) is 5.91 Å². The number of nitrogens with one attached hydrogen (secondary N) is 2. The van der Waals surface area contributed by atoms with Gasteiger partial charge >= 0.3 is 6.03 Å². The number of carbonyl (C=O) groups is 2. The molecule has 3 amide bonds. The van der Waals surface area contributed by atoms with E-state index in [1.54, 1.807) is 24.3 Å². The topological polar surface area (TPSA) is 101 Å². The molecule has 0 bridgehead atoms. The summed E-state index contributed by atoms with van der Waals surface area (Å²) in [6.07, 6.45) is 3.73. The molecule has 0 radical (unpaired) electrons. The van der Waals surface area contributed by atoms with Crippen LogP contribution in [0.15, 0.2) is 40.8 Å². The quantitative estimate of drug-likeness (QED) is 0.638. The summed E-state index contributed by atoms with van der Waals surface area (Å²) in [6.45, 7) is 9.38. The number of anilines is 1. The van der Waals surface area contributed by atoms with Gasteiger partial charge in [-0.15, -0.1) is 0 Å². The van der Waals surface area contributed by atoms with Crippen molar-refractivity contribution in [3.63, 3.8) is 0 Å². The molecule has 2 heterocycles. The number of urea groups is 1. The van der Waals surface area contributed by atoms with Crippen LogP contribution in [0.5, 0.6) is 0 Å². The lowest BCUT2D eigenvalue weighted by atomic mass is 9.91. The van der Waals surface area contributed by atoms with Gasteiger partial charge in [0.05, 0.1) is 0 Å². The van der Waals surface area contributed by atoms with E-state index in [1.807, 2.05) is 12.1 Å². The van der Waals surface area contributed by atoms with E-state index in [1.165, 1.54) is 19.3 Å². The normalized spacial score (nSPS) is 17.5. The third kappa shape index (κ3) is 5.42. The van der Waals surface area contributed by atoms with E-state index in [9.17, 15) is 9.59 Å². The monoisotopic (exact) mass is 412 g/mol. The molecule has 30 heavy (non-hydrogen) atoms. The Hall–Kier alpha value is -2.80. The summed E-state index contributed by atoms with van der Waals surface area (Å²) >= 11 is 0. The molecule has 7 heteroatoms. The van der Waals surface area contributed by atoms with Crippen molar-refractivity contribution in [2.24, 2.45) is 11.7 Å². The summed E-state index contributed by atoms with van der Waals surface area (Å²) in [4.78, 5) is 26.0. The van der Waals surface area contributed by atoms with Gasteiger partial charge in [-0.05, 0) is 75.5 Å². The van der Waals surface area contributed by atoms with Gasteiger partial charge in [-0.3, -0.25) is 9.69 Å². The molecule has 1 aromatic carbocycles. The van der Waals surface area contributed by atoms with Crippen molar-refractivity contribution in [2.75, 3.05) is 25.0 Å². The zero-order chi connectivity index (χ0) is 21.7. The van der Waals surface area contributed by atoms with Gasteiger partial charge in [-0.25, -0.2) is 4.79 Å². The van der Waals surface area contributed by atoms with Gasteiger partial charge in [0.1, 0.15) is 5.76 Å². The SMILES string of the molecule is CCC1CCCN(C(C)(C)CNC(=O)Nc2ccc(-c3ccc(C(N)=O)o3)cc2)C1. The van der Waals surface area contributed by atoms with Crippen molar-refractivity contribution < 1.29 is 14.0 Å². The smallest absolute Gasteiger partial charge is 0.319 e. The number of likely N-dealkylation sites (tertiary alicyclic amines) is 1. The Morgan fingerprint density at radius 2 is 1.93 bits per heavy atom. The Morgan fingerprint density at radius 3 is 2.57 bits per heavy atom. The zero-order valence-corrected chi connectivity index (χ0v) is 18.0. The van der Waals surface area contributed by atoms with E-state index >= 15 is 0 Å². The first-order valence-corrected chi connectivity index (χ1v) is 10.6. The van der Waals surface area contributed by atoms with Crippen molar-refractivity contribution in [1.82, 2.24) is 10.2 Å². The van der Waals surface area contributed by atoms with Crippen molar-refractivity contribution in [3.05, 3.63) is 42.2 Å². The first kappa shape index (κ1) is 21.9. The number of carbonyl (C=O) groups excluding carboxylic acids is 2. The van der Waals surface area contributed by atoms with Crippen LogP contribution in [0.1, 0.15) is 50.6 Å². The van der Waals surface area contributed by atoms with E-state index in [2.05, 4.69) is 36.3 Å². The molecule has 1 aliphatic rings. The van der Waals surface area contributed by atoms with E-state index < -0.39 is 5.91 Å². The van der Waals surface area contributed by atoms with Gasteiger partial charge < -0.3 is 20.8 Å². The van der Waals surface area contributed by atoms with Gasteiger partial charge in [0, 0.05) is 29.9 Å². The molecule has 1 aliphatic heterocycles. The third-order valence-electron chi connectivity index (χ3n) is 5.91. The minimum absolute atomic E-state index is 0.0908. The maximum atomic E-state index is 12.4. The zero-order valence-electron chi connectivity index (χ0n) is 18.0. The minimum Gasteiger partial charge on any atom is -0.451 e. The lowest BCUT2D eigenvalue weighted by molar-refractivity contribution is 0.0669. The van der Waals surface area contributed by atoms with Crippen LogP contribution in [0.3, 0.4) is 0 Å². The van der Waals surface area contributed by atoms with E-state index in [-0.39, 0.29) is 17.3 Å². The van der Waals surface area contributed by atoms with Crippen LogP contribution in [0.2, 0.25) is 0 Å². The predicted molar refractivity (Wildman–Crippen MR) is 118 cm³/mol. The van der Waals surface area contributed by atoms with Crippen LogP contribution in [0.25, 0.3) is 11.3 Å². The minimum atomic E-state index is -0.603. The van der Waals surface area contributed by atoms with E-state index in [0.29, 0.717) is 18.0 Å². The number of amides is 3. The van der Waals surface area contributed by atoms with Gasteiger partial charge in [-0.2, -0.15) is 0 Å². The van der Waals surface area contributed by atoms with Crippen molar-refractivity contribution >= 4 is 17.6 Å². The molecule has 1 aromatic heterocycles. The summed E-state index contributed by atoms with van der Waals surface area (Å²) < 4.78 is 5.42. The first-order valence-electron chi connectivity index (χ1n) is 10.6. The number of primary amides is 1. The molecule has 1 unspecified atom stereocenters. The summed E-state index contributed by atoms with van der Waals surface area (Å²) in [5.74, 6) is 0.814. The van der Waals surface area contributed by atoms with Gasteiger partial charge in [0.2, 0.25) is 0 Å². The van der Waals surface area contributed by atoms with Crippen LogP contribution in [-0.4, -0.2) is 42.0 Å². The Labute approximate surface area is 178 Å². The average molecular weight is 413 g/mol. The number of hydrogen-bond donors (Lipinski definition) is 3. The van der Waals surface area contributed by atoms with Gasteiger partial charge in [0.15, 0.2) is 5.76 Å². The van der Waals surface area contributed by atoms with Crippen LogP contribution in [-0.2, 0) is 0 Å². The highest BCUT2D eigenvalue weighted by atomic mass is 16.3. The molecular weight excluding hydrogens is 380 g/mol. The molecule has 3 rings (SSSR count). The maximum Gasteiger partial charge on any atom is 0.319 e. The number of rotatable bonds is 7. The first-order chi connectivity index (χ1) is 14.3. The number of furan rings is 1. The summed E-state index contributed by atoms with van der Waals surface area (Å²) in [5, 5.41) is 5.87. The fourth-order valence-corrected chi connectivity index (χ4v) is 3.88. The fraction of sp³-hybridized carbons (Fsp3) is 0.478. The van der Waals surface area contributed by atoms with Gasteiger partial charge in [-0.1, -0.05) is 13.3 Å². The molecular formula is C23H32N4O3. The average Bonchev–Trinajstić information content (AvgIpc) is 3.24.